The summed E-state index contributed by atoms with van der Waals surface area (Å²) in [5, 5.41) is 4.14. The lowest BCUT2D eigenvalue weighted by atomic mass is 10.4. The third-order valence-electron chi connectivity index (χ3n) is 2.21. The standard InChI is InChI=1S/C11H13BrN4O/c1-2-6-16-10(14-8-15-16)7-17-9-4-3-5-13-11(9)12/h3-5,8H,2,6-7H2,1H3. The van der Waals surface area contributed by atoms with Gasteiger partial charge in [0.05, 0.1) is 0 Å². The molecule has 0 aromatic carbocycles. The zero-order valence-electron chi connectivity index (χ0n) is 9.51. The van der Waals surface area contributed by atoms with E-state index < -0.39 is 0 Å². The van der Waals surface area contributed by atoms with E-state index in [9.17, 15) is 0 Å². The van der Waals surface area contributed by atoms with Crippen LogP contribution in [0.2, 0.25) is 0 Å². The van der Waals surface area contributed by atoms with Gasteiger partial charge in [0.1, 0.15) is 17.5 Å². The van der Waals surface area contributed by atoms with E-state index in [1.807, 2.05) is 16.8 Å². The van der Waals surface area contributed by atoms with Crippen LogP contribution in [0.25, 0.3) is 0 Å². The van der Waals surface area contributed by atoms with Crippen LogP contribution in [0.1, 0.15) is 19.2 Å². The van der Waals surface area contributed by atoms with Gasteiger partial charge in [0.15, 0.2) is 11.6 Å². The monoisotopic (exact) mass is 296 g/mol. The van der Waals surface area contributed by atoms with Gasteiger partial charge in [-0.05, 0) is 34.5 Å². The second-order valence-electron chi connectivity index (χ2n) is 3.48. The summed E-state index contributed by atoms with van der Waals surface area (Å²) in [7, 11) is 0. The molecule has 0 saturated carbocycles. The Morgan fingerprint density at radius 1 is 1.41 bits per heavy atom. The van der Waals surface area contributed by atoms with Crippen LogP contribution in [0.5, 0.6) is 5.75 Å². The molecular weight excluding hydrogens is 284 g/mol. The van der Waals surface area contributed by atoms with Crippen molar-refractivity contribution in [2.75, 3.05) is 0 Å². The lowest BCUT2D eigenvalue weighted by molar-refractivity contribution is 0.283. The summed E-state index contributed by atoms with van der Waals surface area (Å²) in [6, 6.07) is 3.69. The van der Waals surface area contributed by atoms with Crippen LogP contribution >= 0.6 is 15.9 Å². The first-order valence-corrected chi connectivity index (χ1v) is 6.20. The average Bonchev–Trinajstić information content (AvgIpc) is 2.76. The van der Waals surface area contributed by atoms with E-state index in [2.05, 4.69) is 37.9 Å². The molecule has 0 fully saturated rings. The van der Waals surface area contributed by atoms with Crippen LogP contribution in [-0.4, -0.2) is 19.7 Å². The third-order valence-corrected chi connectivity index (χ3v) is 2.81. The number of hydrogen-bond donors (Lipinski definition) is 0. The predicted octanol–water partition coefficient (Wildman–Crippen LogP) is 2.42. The number of rotatable bonds is 5. The van der Waals surface area contributed by atoms with Crippen molar-refractivity contribution in [2.45, 2.75) is 26.5 Å². The van der Waals surface area contributed by atoms with Crippen molar-refractivity contribution in [3.05, 3.63) is 35.1 Å². The summed E-state index contributed by atoms with van der Waals surface area (Å²) in [6.07, 6.45) is 4.27. The van der Waals surface area contributed by atoms with Gasteiger partial charge >= 0.3 is 0 Å². The van der Waals surface area contributed by atoms with Crippen molar-refractivity contribution in [1.82, 2.24) is 19.7 Å². The molecule has 17 heavy (non-hydrogen) atoms. The summed E-state index contributed by atoms with van der Waals surface area (Å²) in [6.45, 7) is 3.35. The molecule has 2 aromatic rings. The quantitative estimate of drug-likeness (QED) is 0.795. The second kappa shape index (κ2) is 5.77. The summed E-state index contributed by atoms with van der Waals surface area (Å²) in [5.74, 6) is 1.53. The van der Waals surface area contributed by atoms with Crippen LogP contribution in [-0.2, 0) is 13.2 Å². The molecule has 5 nitrogen and oxygen atoms in total. The second-order valence-corrected chi connectivity index (χ2v) is 4.23. The summed E-state index contributed by atoms with van der Waals surface area (Å²) in [5.41, 5.74) is 0. The smallest absolute Gasteiger partial charge is 0.164 e. The molecule has 0 radical (unpaired) electrons. The van der Waals surface area contributed by atoms with Gasteiger partial charge < -0.3 is 4.74 Å². The van der Waals surface area contributed by atoms with Crippen LogP contribution < -0.4 is 4.74 Å². The van der Waals surface area contributed by atoms with E-state index >= 15 is 0 Å². The van der Waals surface area contributed by atoms with E-state index in [1.54, 1.807) is 12.5 Å². The Bertz CT molecular complexity index is 486. The molecule has 0 spiro atoms. The van der Waals surface area contributed by atoms with Crippen molar-refractivity contribution >= 4 is 15.9 Å². The minimum absolute atomic E-state index is 0.393. The maximum atomic E-state index is 5.64. The predicted molar refractivity (Wildman–Crippen MR) is 66.6 cm³/mol. The number of aryl methyl sites for hydroxylation is 1. The van der Waals surface area contributed by atoms with E-state index in [0.717, 1.165) is 18.8 Å². The molecule has 0 N–H and O–H groups in total. The van der Waals surface area contributed by atoms with Crippen molar-refractivity contribution in [3.8, 4) is 5.75 Å². The number of pyridine rings is 1. The van der Waals surface area contributed by atoms with E-state index in [4.69, 9.17) is 4.74 Å². The molecular formula is C11H13BrN4O. The normalized spacial score (nSPS) is 10.5. The van der Waals surface area contributed by atoms with Crippen molar-refractivity contribution in [2.24, 2.45) is 0 Å². The van der Waals surface area contributed by atoms with Crippen LogP contribution in [0.3, 0.4) is 0 Å². The van der Waals surface area contributed by atoms with Crippen LogP contribution in [0.4, 0.5) is 0 Å². The zero-order valence-corrected chi connectivity index (χ0v) is 11.1. The minimum Gasteiger partial charge on any atom is -0.483 e. The van der Waals surface area contributed by atoms with Gasteiger partial charge in [-0.2, -0.15) is 5.10 Å². The number of halogens is 1. The summed E-state index contributed by atoms with van der Waals surface area (Å²) >= 11 is 3.33. The first kappa shape index (κ1) is 12.0. The SMILES string of the molecule is CCCn1ncnc1COc1cccnc1Br. The molecule has 2 heterocycles. The molecule has 0 bridgehead atoms. The molecule has 0 aliphatic rings. The molecule has 0 aliphatic carbocycles. The minimum atomic E-state index is 0.393. The molecule has 2 aromatic heterocycles. The first-order valence-electron chi connectivity index (χ1n) is 5.41. The van der Waals surface area contributed by atoms with Gasteiger partial charge in [0, 0.05) is 12.7 Å². The first-order chi connectivity index (χ1) is 8.31. The van der Waals surface area contributed by atoms with Gasteiger partial charge in [-0.1, -0.05) is 6.92 Å². The Labute approximate surface area is 108 Å². The highest BCUT2D eigenvalue weighted by Gasteiger charge is 2.06. The van der Waals surface area contributed by atoms with Crippen LogP contribution in [0.15, 0.2) is 29.3 Å². The highest BCUT2D eigenvalue weighted by atomic mass is 79.9. The molecule has 0 amide bonds. The van der Waals surface area contributed by atoms with E-state index in [-0.39, 0.29) is 0 Å². The lowest BCUT2D eigenvalue weighted by Gasteiger charge is -2.07. The molecule has 0 atom stereocenters. The Morgan fingerprint density at radius 3 is 3.06 bits per heavy atom. The zero-order chi connectivity index (χ0) is 12.1. The Morgan fingerprint density at radius 2 is 2.29 bits per heavy atom. The Hall–Kier alpha value is -1.43. The maximum absolute atomic E-state index is 5.64. The van der Waals surface area contributed by atoms with Crippen molar-refractivity contribution in [1.29, 1.82) is 0 Å². The molecule has 90 valence electrons. The fraction of sp³-hybridized carbons (Fsp3) is 0.364. The maximum Gasteiger partial charge on any atom is 0.164 e. The van der Waals surface area contributed by atoms with E-state index in [1.165, 1.54) is 0 Å². The fourth-order valence-electron chi connectivity index (χ4n) is 1.42. The number of aromatic nitrogens is 4. The summed E-state index contributed by atoms with van der Waals surface area (Å²) in [4.78, 5) is 8.26. The highest BCUT2D eigenvalue weighted by Crippen LogP contribution is 2.21. The Kier molecular flexibility index (Phi) is 4.08. The third kappa shape index (κ3) is 3.03. The molecule has 6 heteroatoms. The fourth-order valence-corrected chi connectivity index (χ4v) is 1.78. The topological polar surface area (TPSA) is 52.8 Å². The highest BCUT2D eigenvalue weighted by molar-refractivity contribution is 9.10. The number of nitrogens with zero attached hydrogens (tertiary/aromatic N) is 4. The number of ether oxygens (including phenoxy) is 1. The molecule has 2 rings (SSSR count). The molecule has 0 saturated heterocycles. The molecule has 0 unspecified atom stereocenters. The number of hydrogen-bond acceptors (Lipinski definition) is 4. The summed E-state index contributed by atoms with van der Waals surface area (Å²) < 4.78 is 8.18. The lowest BCUT2D eigenvalue weighted by Crippen LogP contribution is -2.08. The Balaban J connectivity index is 2.02. The van der Waals surface area contributed by atoms with Crippen LogP contribution in [0, 0.1) is 0 Å². The van der Waals surface area contributed by atoms with Gasteiger partial charge in [-0.15, -0.1) is 0 Å². The van der Waals surface area contributed by atoms with Gasteiger partial charge in [0.2, 0.25) is 0 Å². The van der Waals surface area contributed by atoms with Crippen molar-refractivity contribution in [3.63, 3.8) is 0 Å². The largest absolute Gasteiger partial charge is 0.483 e. The van der Waals surface area contributed by atoms with Crippen molar-refractivity contribution < 1.29 is 4.74 Å². The van der Waals surface area contributed by atoms with Gasteiger partial charge in [0.25, 0.3) is 0 Å². The van der Waals surface area contributed by atoms with E-state index in [0.29, 0.717) is 17.0 Å². The average molecular weight is 297 g/mol. The van der Waals surface area contributed by atoms with Gasteiger partial charge in [-0.25, -0.2) is 14.6 Å². The van der Waals surface area contributed by atoms with Gasteiger partial charge in [-0.3, -0.25) is 0 Å². The molecule has 0 aliphatic heterocycles.